The molecule has 1 unspecified atom stereocenters. The minimum atomic E-state index is -0.177. The van der Waals surface area contributed by atoms with Crippen molar-refractivity contribution in [1.82, 2.24) is 4.90 Å². The summed E-state index contributed by atoms with van der Waals surface area (Å²) < 4.78 is 11.1. The highest BCUT2D eigenvalue weighted by molar-refractivity contribution is 7.07. The Bertz CT molecular complexity index is 815. The number of amides is 2. The van der Waals surface area contributed by atoms with Crippen LogP contribution in [0.1, 0.15) is 24.0 Å². The van der Waals surface area contributed by atoms with Gasteiger partial charge in [0, 0.05) is 19.7 Å². The molecule has 0 radical (unpaired) electrons. The van der Waals surface area contributed by atoms with Gasteiger partial charge in [-0.25, -0.2) is 0 Å². The maximum atomic E-state index is 13.0. The molecule has 4 rings (SSSR count). The summed E-state index contributed by atoms with van der Waals surface area (Å²) >= 11 is 1.63. The Labute approximate surface area is 162 Å². The number of thiophene rings is 1. The third-order valence-electron chi connectivity index (χ3n) is 4.79. The molecule has 1 fully saturated rings. The van der Waals surface area contributed by atoms with E-state index in [2.05, 4.69) is 10.7 Å². The molecule has 0 aliphatic carbocycles. The molecule has 0 saturated carbocycles. The van der Waals surface area contributed by atoms with Crippen molar-refractivity contribution in [3.8, 4) is 5.75 Å². The predicted molar refractivity (Wildman–Crippen MR) is 103 cm³/mol. The number of benzene rings is 1. The molecule has 27 heavy (non-hydrogen) atoms. The summed E-state index contributed by atoms with van der Waals surface area (Å²) in [4.78, 5) is 26.4. The van der Waals surface area contributed by atoms with Gasteiger partial charge in [-0.05, 0) is 52.9 Å². The average molecular weight is 386 g/mol. The first-order chi connectivity index (χ1) is 13.2. The highest BCUT2D eigenvalue weighted by atomic mass is 32.1. The van der Waals surface area contributed by atoms with E-state index in [1.807, 2.05) is 28.5 Å². The van der Waals surface area contributed by atoms with Gasteiger partial charge in [0.15, 0.2) is 6.61 Å². The zero-order chi connectivity index (χ0) is 18.6. The number of hydrogen-bond acceptors (Lipinski definition) is 5. The van der Waals surface area contributed by atoms with E-state index >= 15 is 0 Å². The largest absolute Gasteiger partial charge is 0.482 e. The highest BCUT2D eigenvalue weighted by Gasteiger charge is 2.24. The van der Waals surface area contributed by atoms with Crippen LogP contribution in [0.2, 0.25) is 0 Å². The normalized spacial score (nSPS) is 18.5. The summed E-state index contributed by atoms with van der Waals surface area (Å²) in [7, 11) is 0. The Morgan fingerprint density at radius 3 is 3.00 bits per heavy atom. The summed E-state index contributed by atoms with van der Waals surface area (Å²) in [5.74, 6) is 0.517. The lowest BCUT2D eigenvalue weighted by Gasteiger charge is -2.26. The number of carbonyl (C=O) groups is 2. The first-order valence-corrected chi connectivity index (χ1v) is 10.1. The van der Waals surface area contributed by atoms with Crippen LogP contribution in [0.5, 0.6) is 5.75 Å². The maximum Gasteiger partial charge on any atom is 0.262 e. The van der Waals surface area contributed by atoms with Crippen LogP contribution in [0.3, 0.4) is 0 Å². The predicted octanol–water partition coefficient (Wildman–Crippen LogP) is 2.83. The molecule has 2 aromatic rings. The van der Waals surface area contributed by atoms with Crippen LogP contribution in [-0.2, 0) is 27.3 Å². The quantitative estimate of drug-likeness (QED) is 0.829. The van der Waals surface area contributed by atoms with Crippen LogP contribution in [0, 0.1) is 0 Å². The lowest BCUT2D eigenvalue weighted by atomic mass is 10.1. The summed E-state index contributed by atoms with van der Waals surface area (Å²) in [6.45, 7) is 2.00. The third kappa shape index (κ3) is 4.48. The summed E-state index contributed by atoms with van der Waals surface area (Å²) in [5, 5.41) is 6.89. The molecule has 0 bridgehead atoms. The monoisotopic (exact) mass is 386 g/mol. The Morgan fingerprint density at radius 2 is 2.22 bits per heavy atom. The van der Waals surface area contributed by atoms with Gasteiger partial charge < -0.3 is 19.7 Å². The van der Waals surface area contributed by atoms with Crippen molar-refractivity contribution in [2.45, 2.75) is 31.9 Å². The second-order valence-electron chi connectivity index (χ2n) is 6.89. The fraction of sp³-hybridized carbons (Fsp3) is 0.400. The fourth-order valence-corrected chi connectivity index (χ4v) is 4.08. The molecule has 1 atom stereocenters. The van der Waals surface area contributed by atoms with Gasteiger partial charge in [0.1, 0.15) is 5.75 Å². The molecule has 1 aromatic heterocycles. The second kappa shape index (κ2) is 8.10. The number of hydrogen-bond donors (Lipinski definition) is 1. The molecule has 2 aliphatic heterocycles. The maximum absolute atomic E-state index is 13.0. The van der Waals surface area contributed by atoms with E-state index in [0.717, 1.165) is 30.6 Å². The van der Waals surface area contributed by atoms with Crippen LogP contribution in [0.15, 0.2) is 35.0 Å². The van der Waals surface area contributed by atoms with Crippen LogP contribution in [-0.4, -0.2) is 42.6 Å². The Hall–Kier alpha value is -2.38. The van der Waals surface area contributed by atoms with Gasteiger partial charge in [-0.15, -0.1) is 0 Å². The van der Waals surface area contributed by atoms with Crippen LogP contribution in [0.25, 0.3) is 0 Å². The van der Waals surface area contributed by atoms with Crippen LogP contribution in [0.4, 0.5) is 5.69 Å². The molecule has 6 nitrogen and oxygen atoms in total. The molecule has 7 heteroatoms. The van der Waals surface area contributed by atoms with E-state index in [0.29, 0.717) is 24.5 Å². The topological polar surface area (TPSA) is 67.9 Å². The molecule has 1 N–H and O–H groups in total. The molecule has 0 spiro atoms. The van der Waals surface area contributed by atoms with E-state index < -0.39 is 0 Å². The van der Waals surface area contributed by atoms with Gasteiger partial charge in [0.2, 0.25) is 5.91 Å². The number of nitrogens with one attached hydrogen (secondary N) is 1. The van der Waals surface area contributed by atoms with Crippen molar-refractivity contribution in [3.63, 3.8) is 0 Å². The Balaban J connectivity index is 1.47. The molecule has 2 amide bonds. The first kappa shape index (κ1) is 18.0. The van der Waals surface area contributed by atoms with E-state index in [4.69, 9.17) is 9.47 Å². The molecule has 2 aliphatic rings. The van der Waals surface area contributed by atoms with Gasteiger partial charge in [-0.2, -0.15) is 11.3 Å². The average Bonchev–Trinajstić information content (AvgIpc) is 3.35. The molecule has 1 saturated heterocycles. The van der Waals surface area contributed by atoms with Crippen molar-refractivity contribution in [3.05, 3.63) is 46.2 Å². The van der Waals surface area contributed by atoms with E-state index in [1.165, 1.54) is 0 Å². The van der Waals surface area contributed by atoms with Crippen molar-refractivity contribution < 1.29 is 19.1 Å². The van der Waals surface area contributed by atoms with Gasteiger partial charge >= 0.3 is 0 Å². The highest BCUT2D eigenvalue weighted by Crippen LogP contribution is 2.29. The fourth-order valence-electron chi connectivity index (χ4n) is 3.42. The van der Waals surface area contributed by atoms with Crippen LogP contribution >= 0.6 is 11.3 Å². The minimum Gasteiger partial charge on any atom is -0.482 e. The molecular weight excluding hydrogens is 364 g/mol. The van der Waals surface area contributed by atoms with Crippen LogP contribution < -0.4 is 10.1 Å². The van der Waals surface area contributed by atoms with Crippen molar-refractivity contribution in [2.24, 2.45) is 0 Å². The molecular formula is C20H22N2O4S. The van der Waals surface area contributed by atoms with Gasteiger partial charge in [0.05, 0.1) is 18.2 Å². The zero-order valence-electron chi connectivity index (χ0n) is 15.0. The van der Waals surface area contributed by atoms with Gasteiger partial charge in [0.25, 0.3) is 5.91 Å². The standard InChI is InChI=1S/C20H22N2O4S/c23-19-12-26-18-4-3-14(8-17(18)21-19)9-20(24)22(10-15-5-7-27-13-15)11-16-2-1-6-25-16/h3-5,7-8,13,16H,1-2,6,9-12H2,(H,21,23). The SMILES string of the molecule is O=C1COc2ccc(CC(=O)N(Cc3ccsc3)CC3CCCO3)cc2N1. The molecule has 1 aromatic carbocycles. The number of rotatable bonds is 6. The first-order valence-electron chi connectivity index (χ1n) is 9.13. The number of ether oxygens (including phenoxy) is 2. The molecule has 142 valence electrons. The van der Waals surface area contributed by atoms with Crippen molar-refractivity contribution >= 4 is 28.8 Å². The van der Waals surface area contributed by atoms with Gasteiger partial charge in [-0.1, -0.05) is 6.07 Å². The lowest BCUT2D eigenvalue weighted by molar-refractivity contribution is -0.132. The smallest absolute Gasteiger partial charge is 0.262 e. The minimum absolute atomic E-state index is 0.0289. The number of nitrogens with zero attached hydrogens (tertiary/aromatic N) is 1. The molecule has 3 heterocycles. The van der Waals surface area contributed by atoms with Crippen molar-refractivity contribution in [1.29, 1.82) is 0 Å². The summed E-state index contributed by atoms with van der Waals surface area (Å²) in [6, 6.07) is 7.55. The number of anilines is 1. The summed E-state index contributed by atoms with van der Waals surface area (Å²) in [6.07, 6.45) is 2.44. The zero-order valence-corrected chi connectivity index (χ0v) is 15.8. The van der Waals surface area contributed by atoms with E-state index in [1.54, 1.807) is 17.4 Å². The Kier molecular flexibility index (Phi) is 5.40. The summed E-state index contributed by atoms with van der Waals surface area (Å²) in [5.41, 5.74) is 2.62. The number of carbonyl (C=O) groups excluding carboxylic acids is 2. The van der Waals surface area contributed by atoms with E-state index in [-0.39, 0.29) is 30.9 Å². The lowest BCUT2D eigenvalue weighted by Crippen LogP contribution is -2.37. The Morgan fingerprint density at radius 1 is 1.30 bits per heavy atom. The number of fused-ring (bicyclic) bond motifs is 1. The van der Waals surface area contributed by atoms with E-state index in [9.17, 15) is 9.59 Å². The second-order valence-corrected chi connectivity index (χ2v) is 7.67. The van der Waals surface area contributed by atoms with Gasteiger partial charge in [-0.3, -0.25) is 9.59 Å². The third-order valence-corrected chi connectivity index (χ3v) is 5.52. The van der Waals surface area contributed by atoms with Crippen molar-refractivity contribution in [2.75, 3.05) is 25.1 Å².